The number of carbonyl (C=O) groups excluding carboxylic acids is 1. The molecule has 0 amide bonds. The normalized spacial score (nSPS) is 26.0. The van der Waals surface area contributed by atoms with E-state index in [4.69, 9.17) is 4.74 Å². The van der Waals surface area contributed by atoms with Crippen LogP contribution in [0.1, 0.15) is 54.9 Å². The summed E-state index contributed by atoms with van der Waals surface area (Å²) in [4.78, 5) is 25.3. The lowest BCUT2D eigenvalue weighted by atomic mass is 9.54. The highest BCUT2D eigenvalue weighted by molar-refractivity contribution is 5.87. The standard InChI is InChI=1S/C22H22O4/c1-22(2,3)26-21(25)19-17-14-10-6-4-8-12(14)16(18(19)20(23)24)13-9-5-7-11-15(13)17/h4-11,16-19H,1-3H3,(H,23,24). The second kappa shape index (κ2) is 5.70. The van der Waals surface area contributed by atoms with Gasteiger partial charge in [0.1, 0.15) is 5.60 Å². The van der Waals surface area contributed by atoms with Crippen LogP contribution in [0.15, 0.2) is 48.5 Å². The molecule has 4 nitrogen and oxygen atoms in total. The van der Waals surface area contributed by atoms with Gasteiger partial charge in [-0.05, 0) is 43.0 Å². The molecule has 0 spiro atoms. The molecular formula is C22H22O4. The molecule has 2 unspecified atom stereocenters. The van der Waals surface area contributed by atoms with Crippen molar-refractivity contribution in [2.45, 2.75) is 38.2 Å². The number of carbonyl (C=O) groups is 2. The summed E-state index contributed by atoms with van der Waals surface area (Å²) >= 11 is 0. The van der Waals surface area contributed by atoms with Crippen molar-refractivity contribution >= 4 is 11.9 Å². The molecule has 2 bridgehead atoms. The summed E-state index contributed by atoms with van der Waals surface area (Å²) in [7, 11) is 0. The Labute approximate surface area is 152 Å². The van der Waals surface area contributed by atoms with Gasteiger partial charge in [0.25, 0.3) is 0 Å². The summed E-state index contributed by atoms with van der Waals surface area (Å²) in [5.74, 6) is -3.53. The Balaban J connectivity index is 1.93. The van der Waals surface area contributed by atoms with Gasteiger partial charge in [-0.1, -0.05) is 48.5 Å². The first kappa shape index (κ1) is 16.8. The topological polar surface area (TPSA) is 63.6 Å². The first-order valence-corrected chi connectivity index (χ1v) is 8.93. The maximum Gasteiger partial charge on any atom is 0.311 e. The Morgan fingerprint density at radius 2 is 1.19 bits per heavy atom. The molecule has 0 radical (unpaired) electrons. The Morgan fingerprint density at radius 3 is 1.54 bits per heavy atom. The van der Waals surface area contributed by atoms with Crippen LogP contribution in [0.2, 0.25) is 0 Å². The summed E-state index contributed by atoms with van der Waals surface area (Å²) in [5, 5.41) is 10.0. The number of fused-ring (bicyclic) bond motifs is 1. The van der Waals surface area contributed by atoms with E-state index in [2.05, 4.69) is 0 Å². The van der Waals surface area contributed by atoms with Gasteiger partial charge in [-0.25, -0.2) is 0 Å². The summed E-state index contributed by atoms with van der Waals surface area (Å²) < 4.78 is 5.64. The lowest BCUT2D eigenvalue weighted by Crippen LogP contribution is -2.48. The van der Waals surface area contributed by atoms with E-state index >= 15 is 0 Å². The first-order chi connectivity index (χ1) is 12.3. The molecule has 3 aliphatic rings. The lowest BCUT2D eigenvalue weighted by molar-refractivity contribution is -0.168. The van der Waals surface area contributed by atoms with Crippen LogP contribution in [-0.4, -0.2) is 22.6 Å². The van der Waals surface area contributed by atoms with E-state index in [1.165, 1.54) is 0 Å². The van der Waals surface area contributed by atoms with Gasteiger partial charge in [-0.2, -0.15) is 0 Å². The van der Waals surface area contributed by atoms with Gasteiger partial charge >= 0.3 is 11.9 Å². The van der Waals surface area contributed by atoms with Crippen LogP contribution in [0.25, 0.3) is 0 Å². The van der Waals surface area contributed by atoms with E-state index in [0.29, 0.717) is 0 Å². The molecule has 2 aromatic carbocycles. The minimum absolute atomic E-state index is 0.289. The van der Waals surface area contributed by atoms with Crippen molar-refractivity contribution in [2.24, 2.45) is 11.8 Å². The predicted octanol–water partition coefficient (Wildman–Crippen LogP) is 3.94. The number of rotatable bonds is 2. The van der Waals surface area contributed by atoms with E-state index in [0.717, 1.165) is 22.3 Å². The molecule has 2 aromatic rings. The monoisotopic (exact) mass is 350 g/mol. The molecule has 134 valence electrons. The summed E-state index contributed by atoms with van der Waals surface area (Å²) in [5.41, 5.74) is 3.47. The zero-order valence-electron chi connectivity index (χ0n) is 15.1. The predicted molar refractivity (Wildman–Crippen MR) is 97.0 cm³/mol. The second-order valence-electron chi connectivity index (χ2n) is 8.14. The third kappa shape index (κ3) is 2.44. The van der Waals surface area contributed by atoms with E-state index < -0.39 is 29.4 Å². The number of carboxylic acid groups (broad SMARTS) is 1. The van der Waals surface area contributed by atoms with Crippen LogP contribution in [0.3, 0.4) is 0 Å². The van der Waals surface area contributed by atoms with Gasteiger partial charge < -0.3 is 9.84 Å². The Bertz CT molecular complexity index is 846. The van der Waals surface area contributed by atoms with Crippen LogP contribution in [-0.2, 0) is 14.3 Å². The van der Waals surface area contributed by atoms with Crippen molar-refractivity contribution in [3.8, 4) is 0 Å². The fraction of sp³-hybridized carbons (Fsp3) is 0.364. The van der Waals surface area contributed by atoms with Gasteiger partial charge in [0.15, 0.2) is 0 Å². The highest BCUT2D eigenvalue weighted by Gasteiger charge is 2.56. The Kier molecular flexibility index (Phi) is 3.69. The number of carboxylic acids is 1. The smallest absolute Gasteiger partial charge is 0.311 e. The van der Waals surface area contributed by atoms with Gasteiger partial charge in [0.2, 0.25) is 0 Å². The van der Waals surface area contributed by atoms with Crippen LogP contribution in [0, 0.1) is 11.8 Å². The van der Waals surface area contributed by atoms with E-state index in [1.54, 1.807) is 0 Å². The number of hydrogen-bond donors (Lipinski definition) is 1. The third-order valence-corrected chi connectivity index (χ3v) is 5.40. The fourth-order valence-corrected chi connectivity index (χ4v) is 4.63. The highest BCUT2D eigenvalue weighted by atomic mass is 16.6. The van der Waals surface area contributed by atoms with Crippen LogP contribution < -0.4 is 0 Å². The SMILES string of the molecule is CC(C)(C)OC(=O)C1C2c3ccccc3C(c3ccccc32)C1C(=O)O. The molecule has 0 saturated heterocycles. The minimum atomic E-state index is -0.945. The quantitative estimate of drug-likeness (QED) is 0.834. The van der Waals surface area contributed by atoms with Gasteiger partial charge in [0.05, 0.1) is 11.8 Å². The highest BCUT2D eigenvalue weighted by Crippen LogP contribution is 2.58. The molecule has 1 N–H and O–H groups in total. The fourth-order valence-electron chi connectivity index (χ4n) is 4.63. The Morgan fingerprint density at radius 1 is 0.808 bits per heavy atom. The summed E-state index contributed by atoms with van der Waals surface area (Å²) in [6.07, 6.45) is 0. The van der Waals surface area contributed by atoms with E-state index in [-0.39, 0.29) is 11.8 Å². The Hall–Kier alpha value is -2.62. The molecule has 0 heterocycles. The lowest BCUT2D eigenvalue weighted by Gasteiger charge is -2.48. The number of esters is 1. The van der Waals surface area contributed by atoms with Crippen molar-refractivity contribution in [1.82, 2.24) is 0 Å². The second-order valence-corrected chi connectivity index (χ2v) is 8.14. The molecular weight excluding hydrogens is 328 g/mol. The zero-order chi connectivity index (χ0) is 18.6. The van der Waals surface area contributed by atoms with Crippen molar-refractivity contribution in [2.75, 3.05) is 0 Å². The van der Waals surface area contributed by atoms with Gasteiger partial charge in [0, 0.05) is 11.8 Å². The average molecular weight is 350 g/mol. The minimum Gasteiger partial charge on any atom is -0.481 e. The first-order valence-electron chi connectivity index (χ1n) is 8.93. The van der Waals surface area contributed by atoms with Crippen molar-refractivity contribution in [1.29, 1.82) is 0 Å². The molecule has 5 rings (SSSR count). The number of aliphatic carboxylic acids is 1. The number of hydrogen-bond acceptors (Lipinski definition) is 3. The van der Waals surface area contributed by atoms with Gasteiger partial charge in [-0.15, -0.1) is 0 Å². The zero-order valence-corrected chi connectivity index (χ0v) is 15.1. The van der Waals surface area contributed by atoms with Crippen molar-refractivity contribution < 1.29 is 19.4 Å². The maximum atomic E-state index is 13.1. The molecule has 26 heavy (non-hydrogen) atoms. The maximum absolute atomic E-state index is 13.1. The summed E-state index contributed by atoms with van der Waals surface area (Å²) in [6, 6.07) is 15.8. The average Bonchev–Trinajstić information content (AvgIpc) is 2.59. The molecule has 0 aromatic heterocycles. The van der Waals surface area contributed by atoms with E-state index in [1.807, 2.05) is 69.3 Å². The van der Waals surface area contributed by atoms with Crippen LogP contribution in [0.5, 0.6) is 0 Å². The largest absolute Gasteiger partial charge is 0.481 e. The van der Waals surface area contributed by atoms with Crippen molar-refractivity contribution in [3.63, 3.8) is 0 Å². The molecule has 4 heteroatoms. The molecule has 3 aliphatic carbocycles. The van der Waals surface area contributed by atoms with Crippen LogP contribution >= 0.6 is 0 Å². The molecule has 0 aliphatic heterocycles. The summed E-state index contributed by atoms with van der Waals surface area (Å²) in [6.45, 7) is 5.43. The molecule has 2 atom stereocenters. The van der Waals surface area contributed by atoms with Gasteiger partial charge in [-0.3, -0.25) is 9.59 Å². The molecule has 0 saturated carbocycles. The molecule has 0 fully saturated rings. The van der Waals surface area contributed by atoms with E-state index in [9.17, 15) is 14.7 Å². The van der Waals surface area contributed by atoms with Crippen molar-refractivity contribution in [3.05, 3.63) is 70.8 Å². The number of ether oxygens (including phenoxy) is 1. The number of benzene rings is 2. The van der Waals surface area contributed by atoms with Crippen LogP contribution in [0.4, 0.5) is 0 Å². The third-order valence-electron chi connectivity index (χ3n) is 5.40.